The largest absolute Gasteiger partial charge is 0.478 e. The number of aromatic carboxylic acids is 1. The zero-order valence-electron chi connectivity index (χ0n) is 11.0. The average Bonchev–Trinajstić information content (AvgIpc) is 2.33. The van der Waals surface area contributed by atoms with Crippen LogP contribution >= 0.6 is 0 Å². The summed E-state index contributed by atoms with van der Waals surface area (Å²) in [6.45, 7) is -0.831. The highest BCUT2D eigenvalue weighted by atomic mass is 32.2. The van der Waals surface area contributed by atoms with E-state index in [2.05, 4.69) is 4.74 Å². The molecule has 0 saturated carbocycles. The fraction of sp³-hybridized carbons (Fsp3) is 0.417. The van der Waals surface area contributed by atoms with Gasteiger partial charge in [-0.3, -0.25) is 0 Å². The van der Waals surface area contributed by atoms with Gasteiger partial charge in [-0.1, -0.05) is 6.07 Å². The van der Waals surface area contributed by atoms with Crippen LogP contribution < -0.4 is 0 Å². The maximum atomic E-state index is 12.0. The molecule has 0 saturated heterocycles. The molecule has 5 nitrogen and oxygen atoms in total. The Hall–Kier alpha value is -1.61. The molecule has 0 unspecified atom stereocenters. The first kappa shape index (κ1) is 17.4. The minimum Gasteiger partial charge on any atom is -0.478 e. The minimum absolute atomic E-state index is 0.0424. The van der Waals surface area contributed by atoms with E-state index in [0.29, 0.717) is 0 Å². The molecule has 0 aromatic heterocycles. The van der Waals surface area contributed by atoms with E-state index in [9.17, 15) is 26.4 Å². The SMILES string of the molecule is Cc1c(C(=O)O)cccc1S(=O)(=O)CCOCC(F)(F)F. The lowest BCUT2D eigenvalue weighted by Crippen LogP contribution is -2.21. The number of ether oxygens (including phenoxy) is 1. The van der Waals surface area contributed by atoms with Gasteiger partial charge in [0, 0.05) is 0 Å². The summed E-state index contributed by atoms with van der Waals surface area (Å²) in [6, 6.07) is 3.72. The van der Waals surface area contributed by atoms with E-state index in [-0.39, 0.29) is 16.0 Å². The molecule has 0 fully saturated rings. The van der Waals surface area contributed by atoms with E-state index < -0.39 is 40.9 Å². The second-order valence-electron chi connectivity index (χ2n) is 4.22. The number of benzene rings is 1. The van der Waals surface area contributed by atoms with Crippen LogP contribution in [0.2, 0.25) is 0 Å². The molecule has 1 N–H and O–H groups in total. The van der Waals surface area contributed by atoms with E-state index in [1.807, 2.05) is 0 Å². The molecule has 0 aliphatic rings. The highest BCUT2D eigenvalue weighted by Crippen LogP contribution is 2.20. The lowest BCUT2D eigenvalue weighted by Gasteiger charge is -2.11. The van der Waals surface area contributed by atoms with Gasteiger partial charge in [0.25, 0.3) is 0 Å². The fourth-order valence-electron chi connectivity index (χ4n) is 1.65. The van der Waals surface area contributed by atoms with Crippen molar-refractivity contribution in [1.82, 2.24) is 0 Å². The number of carboxylic acids is 1. The maximum absolute atomic E-state index is 12.0. The number of carboxylic acid groups (broad SMARTS) is 1. The van der Waals surface area contributed by atoms with Crippen molar-refractivity contribution >= 4 is 15.8 Å². The lowest BCUT2D eigenvalue weighted by atomic mass is 10.1. The lowest BCUT2D eigenvalue weighted by molar-refractivity contribution is -0.172. The van der Waals surface area contributed by atoms with Gasteiger partial charge in [0.05, 0.1) is 22.8 Å². The molecule has 0 bridgehead atoms. The molecule has 9 heteroatoms. The Labute approximate surface area is 119 Å². The summed E-state index contributed by atoms with van der Waals surface area (Å²) in [5.41, 5.74) is -0.131. The quantitative estimate of drug-likeness (QED) is 0.809. The Morgan fingerprint density at radius 2 is 1.95 bits per heavy atom. The van der Waals surface area contributed by atoms with Crippen LogP contribution in [0.5, 0.6) is 0 Å². The molecule has 1 aromatic rings. The zero-order valence-corrected chi connectivity index (χ0v) is 11.8. The number of alkyl halides is 3. The van der Waals surface area contributed by atoms with Gasteiger partial charge in [-0.05, 0) is 24.6 Å². The van der Waals surface area contributed by atoms with Gasteiger partial charge in [-0.25, -0.2) is 13.2 Å². The maximum Gasteiger partial charge on any atom is 0.411 e. The Morgan fingerprint density at radius 1 is 1.33 bits per heavy atom. The van der Waals surface area contributed by atoms with Gasteiger partial charge in [0.1, 0.15) is 6.61 Å². The monoisotopic (exact) mass is 326 g/mol. The van der Waals surface area contributed by atoms with Crippen LogP contribution in [0.1, 0.15) is 15.9 Å². The van der Waals surface area contributed by atoms with Gasteiger partial charge < -0.3 is 9.84 Å². The molecular weight excluding hydrogens is 313 g/mol. The highest BCUT2D eigenvalue weighted by molar-refractivity contribution is 7.91. The van der Waals surface area contributed by atoms with Crippen molar-refractivity contribution in [3.8, 4) is 0 Å². The third-order valence-corrected chi connectivity index (χ3v) is 4.43. The van der Waals surface area contributed by atoms with Crippen molar-refractivity contribution in [3.05, 3.63) is 29.3 Å². The normalized spacial score (nSPS) is 12.4. The van der Waals surface area contributed by atoms with Crippen molar-refractivity contribution in [1.29, 1.82) is 0 Å². The van der Waals surface area contributed by atoms with Crippen LogP contribution in [-0.4, -0.2) is 44.6 Å². The Balaban J connectivity index is 2.84. The van der Waals surface area contributed by atoms with Crippen LogP contribution in [-0.2, 0) is 14.6 Å². The van der Waals surface area contributed by atoms with Crippen LogP contribution in [0, 0.1) is 6.92 Å². The van der Waals surface area contributed by atoms with Crippen LogP contribution in [0.25, 0.3) is 0 Å². The van der Waals surface area contributed by atoms with E-state index in [0.717, 1.165) is 0 Å². The summed E-state index contributed by atoms with van der Waals surface area (Å²) in [5, 5.41) is 8.91. The summed E-state index contributed by atoms with van der Waals surface area (Å²) in [6.07, 6.45) is -4.52. The Kier molecular flexibility index (Phi) is 5.35. The summed E-state index contributed by atoms with van der Waals surface area (Å²) in [5.74, 6) is -1.94. The zero-order chi connectivity index (χ0) is 16.3. The first-order valence-corrected chi connectivity index (χ1v) is 7.40. The summed E-state index contributed by atoms with van der Waals surface area (Å²) >= 11 is 0. The second kappa shape index (κ2) is 6.44. The topological polar surface area (TPSA) is 80.7 Å². The number of carbonyl (C=O) groups is 1. The number of hydrogen-bond acceptors (Lipinski definition) is 4. The fourth-order valence-corrected chi connectivity index (χ4v) is 3.07. The average molecular weight is 326 g/mol. The molecule has 0 aliphatic heterocycles. The van der Waals surface area contributed by atoms with E-state index in [1.165, 1.54) is 25.1 Å². The van der Waals surface area contributed by atoms with E-state index in [1.54, 1.807) is 0 Å². The molecule has 1 rings (SSSR count). The third kappa shape index (κ3) is 5.01. The summed E-state index contributed by atoms with van der Waals surface area (Å²) < 4.78 is 63.8. The molecule has 118 valence electrons. The summed E-state index contributed by atoms with van der Waals surface area (Å²) in [4.78, 5) is 10.7. The molecule has 1 aromatic carbocycles. The summed E-state index contributed by atoms with van der Waals surface area (Å²) in [7, 11) is -3.92. The number of rotatable bonds is 6. The van der Waals surface area contributed by atoms with E-state index in [4.69, 9.17) is 5.11 Å². The Morgan fingerprint density at radius 3 is 2.48 bits per heavy atom. The number of halogens is 3. The molecule has 21 heavy (non-hydrogen) atoms. The molecule has 0 aliphatic carbocycles. The van der Waals surface area contributed by atoms with Gasteiger partial charge in [0.15, 0.2) is 9.84 Å². The predicted octanol–water partition coefficient (Wildman–Crippen LogP) is 2.05. The minimum atomic E-state index is -4.52. The van der Waals surface area contributed by atoms with Crippen LogP contribution in [0.4, 0.5) is 13.2 Å². The number of sulfone groups is 1. The van der Waals surface area contributed by atoms with Crippen molar-refractivity contribution in [2.75, 3.05) is 19.0 Å². The van der Waals surface area contributed by atoms with Gasteiger partial charge >= 0.3 is 12.1 Å². The molecule has 0 heterocycles. The highest BCUT2D eigenvalue weighted by Gasteiger charge is 2.28. The predicted molar refractivity (Wildman–Crippen MR) is 67.1 cm³/mol. The number of hydrogen-bond donors (Lipinski definition) is 1. The van der Waals surface area contributed by atoms with Crippen LogP contribution in [0.15, 0.2) is 23.1 Å². The molecule has 0 amide bonds. The van der Waals surface area contributed by atoms with Crippen LogP contribution in [0.3, 0.4) is 0 Å². The van der Waals surface area contributed by atoms with Crippen molar-refractivity contribution < 1.29 is 36.2 Å². The van der Waals surface area contributed by atoms with E-state index >= 15 is 0 Å². The van der Waals surface area contributed by atoms with Gasteiger partial charge in [-0.2, -0.15) is 13.2 Å². The first-order valence-electron chi connectivity index (χ1n) is 5.75. The standard InChI is InChI=1S/C12H13F3O5S/c1-8-9(11(16)17)3-2-4-10(8)21(18,19)6-5-20-7-12(13,14)15/h2-4H,5-7H2,1H3,(H,16,17). The second-order valence-corrected chi connectivity index (χ2v) is 6.30. The smallest absolute Gasteiger partial charge is 0.411 e. The van der Waals surface area contributed by atoms with Gasteiger partial charge in [0.2, 0.25) is 0 Å². The molecule has 0 atom stereocenters. The van der Waals surface area contributed by atoms with Crippen molar-refractivity contribution in [2.45, 2.75) is 18.0 Å². The van der Waals surface area contributed by atoms with Crippen molar-refractivity contribution in [2.24, 2.45) is 0 Å². The molecule has 0 radical (unpaired) electrons. The van der Waals surface area contributed by atoms with Crippen molar-refractivity contribution in [3.63, 3.8) is 0 Å². The first-order chi connectivity index (χ1) is 9.54. The Bertz CT molecular complexity index is 622. The van der Waals surface area contributed by atoms with Gasteiger partial charge in [-0.15, -0.1) is 0 Å². The third-order valence-electron chi connectivity index (χ3n) is 2.61. The molecular formula is C12H13F3O5S. The molecule has 0 spiro atoms.